The lowest BCUT2D eigenvalue weighted by atomic mass is 9.98. The van der Waals surface area contributed by atoms with E-state index in [0.29, 0.717) is 0 Å². The quantitative estimate of drug-likeness (QED) is 0.186. The number of hydrogen-bond acceptors (Lipinski definition) is 0. The fourth-order valence-corrected chi connectivity index (χ4v) is 5.57. The van der Waals surface area contributed by atoms with Crippen molar-refractivity contribution in [1.29, 1.82) is 0 Å². The van der Waals surface area contributed by atoms with Gasteiger partial charge >= 0.3 is 0 Å². The van der Waals surface area contributed by atoms with Crippen LogP contribution in [0.3, 0.4) is 0 Å². The SMILES string of the molecule is C=C(/C=C\C/C(=C\C)c1cccc(C)c1)c1cccc(-c2ccc(-n3c4ccccc4c4ccccc43)cc2)c1. The summed E-state index contributed by atoms with van der Waals surface area (Å²) in [5.74, 6) is 0. The second-order valence-electron chi connectivity index (χ2n) is 10.3. The number of aryl methyl sites for hydroxylation is 1. The van der Waals surface area contributed by atoms with Crippen LogP contribution in [0.5, 0.6) is 0 Å². The Morgan fingerprint density at radius 3 is 2.00 bits per heavy atom. The van der Waals surface area contributed by atoms with E-state index < -0.39 is 0 Å². The fraction of sp³-hybridized carbons (Fsp3) is 0.0769. The molecule has 0 unspecified atom stereocenters. The molecule has 0 aliphatic heterocycles. The summed E-state index contributed by atoms with van der Waals surface area (Å²) < 4.78 is 2.35. The smallest absolute Gasteiger partial charge is 0.0541 e. The Bertz CT molecular complexity index is 1840. The standard InChI is InChI=1S/C39H33N/c1-4-30(33-16-9-12-28(2)26-33)14-10-13-29(3)32-15-11-17-34(27-32)31-22-24-35(25-23-31)40-38-20-7-5-18-36(38)37-19-6-8-21-39(37)40/h4-13,15-27H,3,14H2,1-2H3/b13-10-,30-4+. The van der Waals surface area contributed by atoms with Gasteiger partial charge in [-0.1, -0.05) is 121 Å². The summed E-state index contributed by atoms with van der Waals surface area (Å²) in [6, 6.07) is 43.5. The van der Waals surface area contributed by atoms with Crippen LogP contribution in [0.1, 0.15) is 30.0 Å². The maximum atomic E-state index is 4.37. The predicted molar refractivity (Wildman–Crippen MR) is 174 cm³/mol. The highest BCUT2D eigenvalue weighted by Gasteiger charge is 2.11. The molecule has 0 bridgehead atoms. The van der Waals surface area contributed by atoms with E-state index in [-0.39, 0.29) is 0 Å². The van der Waals surface area contributed by atoms with Crippen molar-refractivity contribution < 1.29 is 0 Å². The monoisotopic (exact) mass is 515 g/mol. The molecule has 5 aromatic carbocycles. The number of rotatable bonds is 7. The second kappa shape index (κ2) is 11.1. The topological polar surface area (TPSA) is 4.93 Å². The molecule has 1 heterocycles. The van der Waals surface area contributed by atoms with E-state index in [1.54, 1.807) is 0 Å². The van der Waals surface area contributed by atoms with Gasteiger partial charge in [0, 0.05) is 16.5 Å². The van der Waals surface area contributed by atoms with Crippen LogP contribution in [0.25, 0.3) is 49.8 Å². The molecule has 6 aromatic rings. The Balaban J connectivity index is 1.23. The van der Waals surface area contributed by atoms with E-state index in [4.69, 9.17) is 0 Å². The van der Waals surface area contributed by atoms with E-state index >= 15 is 0 Å². The van der Waals surface area contributed by atoms with Crippen molar-refractivity contribution in [3.05, 3.63) is 163 Å². The first kappa shape index (κ1) is 25.4. The molecule has 0 atom stereocenters. The second-order valence-corrected chi connectivity index (χ2v) is 10.3. The number of para-hydroxylation sites is 2. The molecular formula is C39H33N. The molecule has 0 radical (unpaired) electrons. The minimum absolute atomic E-state index is 0.878. The largest absolute Gasteiger partial charge is 0.309 e. The Kier molecular flexibility index (Phi) is 7.04. The Hall–Kier alpha value is -4.88. The van der Waals surface area contributed by atoms with Crippen molar-refractivity contribution in [2.75, 3.05) is 0 Å². The van der Waals surface area contributed by atoms with Crippen LogP contribution in [-0.4, -0.2) is 4.57 Å². The first-order chi connectivity index (χ1) is 19.6. The lowest BCUT2D eigenvalue weighted by molar-refractivity contribution is 1.18. The van der Waals surface area contributed by atoms with Gasteiger partial charge in [0.25, 0.3) is 0 Å². The molecule has 0 saturated carbocycles. The molecule has 0 spiro atoms. The molecule has 6 rings (SSSR count). The normalized spacial score (nSPS) is 12.0. The highest BCUT2D eigenvalue weighted by molar-refractivity contribution is 6.09. The Morgan fingerprint density at radius 1 is 0.675 bits per heavy atom. The molecule has 0 amide bonds. The average molecular weight is 516 g/mol. The number of aromatic nitrogens is 1. The average Bonchev–Trinajstić information content (AvgIpc) is 3.34. The number of hydrogen-bond donors (Lipinski definition) is 0. The Morgan fingerprint density at radius 2 is 1.32 bits per heavy atom. The van der Waals surface area contributed by atoms with Gasteiger partial charge in [-0.15, -0.1) is 0 Å². The van der Waals surface area contributed by atoms with Crippen molar-refractivity contribution in [2.24, 2.45) is 0 Å². The maximum Gasteiger partial charge on any atom is 0.0541 e. The molecule has 1 nitrogen and oxygen atoms in total. The van der Waals surface area contributed by atoms with Crippen LogP contribution >= 0.6 is 0 Å². The van der Waals surface area contributed by atoms with Crippen LogP contribution in [0.4, 0.5) is 0 Å². The number of fused-ring (bicyclic) bond motifs is 3. The van der Waals surface area contributed by atoms with Gasteiger partial charge in [0.2, 0.25) is 0 Å². The van der Waals surface area contributed by atoms with Crippen LogP contribution in [0.15, 0.2) is 146 Å². The summed E-state index contributed by atoms with van der Waals surface area (Å²) in [5.41, 5.74) is 12.0. The van der Waals surface area contributed by atoms with Crippen molar-refractivity contribution in [3.8, 4) is 16.8 Å². The van der Waals surface area contributed by atoms with Gasteiger partial charge < -0.3 is 4.57 Å². The van der Waals surface area contributed by atoms with Gasteiger partial charge in [-0.25, -0.2) is 0 Å². The van der Waals surface area contributed by atoms with Crippen molar-refractivity contribution in [3.63, 3.8) is 0 Å². The lowest BCUT2D eigenvalue weighted by Gasteiger charge is -2.10. The molecule has 0 aliphatic rings. The lowest BCUT2D eigenvalue weighted by Crippen LogP contribution is -1.93. The maximum absolute atomic E-state index is 4.37. The third-order valence-electron chi connectivity index (χ3n) is 7.67. The van der Waals surface area contributed by atoms with E-state index in [2.05, 4.69) is 165 Å². The van der Waals surface area contributed by atoms with Crippen LogP contribution in [0.2, 0.25) is 0 Å². The zero-order valence-corrected chi connectivity index (χ0v) is 23.1. The zero-order chi connectivity index (χ0) is 27.5. The van der Waals surface area contributed by atoms with E-state index in [0.717, 1.165) is 23.2 Å². The van der Waals surface area contributed by atoms with Gasteiger partial charge in [0.15, 0.2) is 0 Å². The summed E-state index contributed by atoms with van der Waals surface area (Å²) in [5, 5.41) is 2.56. The molecule has 0 saturated heterocycles. The van der Waals surface area contributed by atoms with E-state index in [1.165, 1.54) is 49.6 Å². The minimum Gasteiger partial charge on any atom is -0.309 e. The highest BCUT2D eigenvalue weighted by Crippen LogP contribution is 2.33. The van der Waals surface area contributed by atoms with Crippen molar-refractivity contribution >= 4 is 33.0 Å². The van der Waals surface area contributed by atoms with Crippen LogP contribution < -0.4 is 0 Å². The van der Waals surface area contributed by atoms with Gasteiger partial charge in [-0.05, 0) is 84.0 Å². The summed E-state index contributed by atoms with van der Waals surface area (Å²) in [6.07, 6.45) is 7.44. The Labute approximate surface area is 237 Å². The predicted octanol–water partition coefficient (Wildman–Crippen LogP) is 10.8. The summed E-state index contributed by atoms with van der Waals surface area (Å²) in [7, 11) is 0. The molecule has 0 aliphatic carbocycles. The van der Waals surface area contributed by atoms with Crippen LogP contribution in [-0.2, 0) is 0 Å². The first-order valence-electron chi connectivity index (χ1n) is 13.9. The molecule has 194 valence electrons. The third kappa shape index (κ3) is 4.95. The first-order valence-corrected chi connectivity index (χ1v) is 13.9. The molecular weight excluding hydrogens is 482 g/mol. The minimum atomic E-state index is 0.878. The zero-order valence-electron chi connectivity index (χ0n) is 23.1. The number of allylic oxidation sites excluding steroid dienone is 5. The van der Waals surface area contributed by atoms with Gasteiger partial charge in [-0.3, -0.25) is 0 Å². The third-order valence-corrected chi connectivity index (χ3v) is 7.67. The van der Waals surface area contributed by atoms with E-state index in [9.17, 15) is 0 Å². The highest BCUT2D eigenvalue weighted by atomic mass is 15.0. The number of benzene rings is 5. The molecule has 1 aromatic heterocycles. The van der Waals surface area contributed by atoms with Gasteiger partial charge in [-0.2, -0.15) is 0 Å². The van der Waals surface area contributed by atoms with E-state index in [1.807, 2.05) is 0 Å². The van der Waals surface area contributed by atoms with Crippen molar-refractivity contribution in [2.45, 2.75) is 20.3 Å². The van der Waals surface area contributed by atoms with Crippen LogP contribution in [0, 0.1) is 6.92 Å². The number of nitrogens with zero attached hydrogens (tertiary/aromatic N) is 1. The van der Waals surface area contributed by atoms with Gasteiger partial charge in [0.05, 0.1) is 11.0 Å². The summed E-state index contributed by atoms with van der Waals surface area (Å²) in [4.78, 5) is 0. The van der Waals surface area contributed by atoms with Crippen molar-refractivity contribution in [1.82, 2.24) is 4.57 Å². The molecule has 0 fully saturated rings. The summed E-state index contributed by atoms with van der Waals surface area (Å²) >= 11 is 0. The molecule has 40 heavy (non-hydrogen) atoms. The fourth-order valence-electron chi connectivity index (χ4n) is 5.57. The molecule has 1 heteroatoms. The summed E-state index contributed by atoms with van der Waals surface area (Å²) in [6.45, 7) is 8.61. The van der Waals surface area contributed by atoms with Gasteiger partial charge in [0.1, 0.15) is 0 Å². The molecule has 0 N–H and O–H groups in total.